The number of benzene rings is 1. The van der Waals surface area contributed by atoms with E-state index in [4.69, 9.17) is 23.2 Å². The van der Waals surface area contributed by atoms with Crippen LogP contribution in [0.4, 0.5) is 0 Å². The van der Waals surface area contributed by atoms with E-state index < -0.39 is 11.5 Å². The van der Waals surface area contributed by atoms with Gasteiger partial charge in [0.25, 0.3) is 0 Å². The van der Waals surface area contributed by atoms with Gasteiger partial charge in [0.1, 0.15) is 5.54 Å². The molecule has 0 spiro atoms. The van der Waals surface area contributed by atoms with Gasteiger partial charge < -0.3 is 10.4 Å². The van der Waals surface area contributed by atoms with Crippen LogP contribution in [0.2, 0.25) is 10.0 Å². The Hall–Kier alpha value is -0.910. The molecule has 0 bridgehead atoms. The molecular formula is C15H15Cl2NO3S. The van der Waals surface area contributed by atoms with E-state index in [1.807, 2.05) is 12.1 Å². The van der Waals surface area contributed by atoms with Crippen molar-refractivity contribution in [3.63, 3.8) is 0 Å². The molecule has 4 nitrogen and oxygen atoms in total. The molecule has 1 aromatic carbocycles. The van der Waals surface area contributed by atoms with Crippen LogP contribution in [-0.4, -0.2) is 34.0 Å². The Morgan fingerprint density at radius 3 is 2.50 bits per heavy atom. The zero-order chi connectivity index (χ0) is 15.9. The fourth-order valence-corrected chi connectivity index (χ4v) is 4.73. The molecule has 1 amide bonds. The highest BCUT2D eigenvalue weighted by molar-refractivity contribution is 7.99. The molecule has 2 aliphatic rings. The largest absolute Gasteiger partial charge is 0.479 e. The first kappa shape index (κ1) is 16.0. The monoisotopic (exact) mass is 359 g/mol. The first-order chi connectivity index (χ1) is 10.4. The van der Waals surface area contributed by atoms with Crippen LogP contribution in [0.1, 0.15) is 24.3 Å². The Labute approximate surface area is 142 Å². The minimum Gasteiger partial charge on any atom is -0.479 e. The van der Waals surface area contributed by atoms with Gasteiger partial charge in [-0.25, -0.2) is 4.79 Å². The summed E-state index contributed by atoms with van der Waals surface area (Å²) in [6, 6.07) is 5.27. The first-order valence-corrected chi connectivity index (χ1v) is 8.91. The molecule has 1 heterocycles. The number of hydrogen-bond acceptors (Lipinski definition) is 3. The predicted octanol–water partition coefficient (Wildman–Crippen LogP) is 3.17. The van der Waals surface area contributed by atoms with E-state index >= 15 is 0 Å². The number of nitrogens with one attached hydrogen (secondary N) is 1. The quantitative estimate of drug-likeness (QED) is 0.866. The van der Waals surface area contributed by atoms with Crippen molar-refractivity contribution in [1.29, 1.82) is 0 Å². The van der Waals surface area contributed by atoms with Crippen molar-refractivity contribution in [2.75, 3.05) is 11.5 Å². The maximum Gasteiger partial charge on any atom is 0.330 e. The molecule has 0 aromatic heterocycles. The zero-order valence-electron chi connectivity index (χ0n) is 11.6. The number of carboxylic acids is 1. The molecule has 22 heavy (non-hydrogen) atoms. The lowest BCUT2D eigenvalue weighted by atomic mass is 9.98. The molecule has 0 radical (unpaired) electrons. The maximum absolute atomic E-state index is 12.4. The Balaban J connectivity index is 1.69. The van der Waals surface area contributed by atoms with Gasteiger partial charge in [-0.2, -0.15) is 11.8 Å². The molecule has 1 aliphatic carbocycles. The van der Waals surface area contributed by atoms with E-state index in [1.54, 1.807) is 17.8 Å². The lowest BCUT2D eigenvalue weighted by molar-refractivity contribution is -0.146. The normalized spacial score (nSPS) is 30.1. The molecule has 2 N–H and O–H groups in total. The topological polar surface area (TPSA) is 66.4 Å². The number of carbonyl (C=O) groups excluding carboxylic acids is 1. The van der Waals surface area contributed by atoms with Crippen molar-refractivity contribution in [2.45, 2.75) is 24.3 Å². The van der Waals surface area contributed by atoms with Crippen molar-refractivity contribution >= 4 is 46.8 Å². The summed E-state index contributed by atoms with van der Waals surface area (Å²) in [6.07, 6.45) is 1.17. The molecule has 3 unspecified atom stereocenters. The molecule has 2 fully saturated rings. The van der Waals surface area contributed by atoms with Crippen LogP contribution in [0.3, 0.4) is 0 Å². The number of carboxylic acid groups (broad SMARTS) is 1. The molecule has 1 saturated heterocycles. The highest BCUT2D eigenvalue weighted by atomic mass is 35.5. The molecule has 3 rings (SSSR count). The number of halogens is 2. The van der Waals surface area contributed by atoms with Crippen LogP contribution < -0.4 is 5.32 Å². The summed E-state index contributed by atoms with van der Waals surface area (Å²) < 4.78 is 0. The lowest BCUT2D eigenvalue weighted by Crippen LogP contribution is -2.55. The van der Waals surface area contributed by atoms with Gasteiger partial charge in [-0.15, -0.1) is 0 Å². The standard InChI is InChI=1S/C15H15Cl2NO3S/c16-9-3-8(4-10(17)5-9)11-6-12(11)13(19)18-15(14(20)21)1-2-22-7-15/h3-5,11-12H,1-2,6-7H2,(H,18,19)(H,20,21). The maximum atomic E-state index is 12.4. The van der Waals surface area contributed by atoms with Gasteiger partial charge in [0.05, 0.1) is 0 Å². The SMILES string of the molecule is O=C(NC1(C(=O)O)CCSC1)C1CC1c1cc(Cl)cc(Cl)c1. The second-order valence-electron chi connectivity index (χ2n) is 5.83. The van der Waals surface area contributed by atoms with Crippen LogP contribution in [0.25, 0.3) is 0 Å². The first-order valence-electron chi connectivity index (χ1n) is 7.00. The Morgan fingerprint density at radius 2 is 1.95 bits per heavy atom. The highest BCUT2D eigenvalue weighted by Gasteiger charge is 2.49. The summed E-state index contributed by atoms with van der Waals surface area (Å²) in [4.78, 5) is 23.9. The fourth-order valence-electron chi connectivity index (χ4n) is 2.86. The van der Waals surface area contributed by atoms with E-state index in [0.717, 1.165) is 11.3 Å². The number of rotatable bonds is 4. The lowest BCUT2D eigenvalue weighted by Gasteiger charge is -2.24. The molecule has 118 valence electrons. The van der Waals surface area contributed by atoms with Gasteiger partial charge in [0.15, 0.2) is 0 Å². The molecule has 1 aromatic rings. The number of amides is 1. The fraction of sp³-hybridized carbons (Fsp3) is 0.467. The van der Waals surface area contributed by atoms with Crippen molar-refractivity contribution in [3.05, 3.63) is 33.8 Å². The van der Waals surface area contributed by atoms with Gasteiger partial charge in [0.2, 0.25) is 5.91 Å². The van der Waals surface area contributed by atoms with E-state index in [9.17, 15) is 14.7 Å². The minimum absolute atomic E-state index is 0.0658. The highest BCUT2D eigenvalue weighted by Crippen LogP contribution is 2.49. The van der Waals surface area contributed by atoms with E-state index in [0.29, 0.717) is 28.6 Å². The number of thioether (sulfide) groups is 1. The summed E-state index contributed by atoms with van der Waals surface area (Å²) in [5.41, 5.74) is -0.177. The summed E-state index contributed by atoms with van der Waals surface area (Å²) in [5.74, 6) is -0.0914. The van der Waals surface area contributed by atoms with Gasteiger partial charge in [0, 0.05) is 21.7 Å². The number of hydrogen-bond donors (Lipinski definition) is 2. The Morgan fingerprint density at radius 1 is 1.27 bits per heavy atom. The Bertz CT molecular complexity index is 611. The summed E-state index contributed by atoms with van der Waals surface area (Å²) in [6.45, 7) is 0. The van der Waals surface area contributed by atoms with Gasteiger partial charge >= 0.3 is 5.97 Å². The summed E-state index contributed by atoms with van der Waals surface area (Å²) in [5, 5.41) is 13.3. The second kappa shape index (κ2) is 5.95. The van der Waals surface area contributed by atoms with Gasteiger partial charge in [-0.05, 0) is 48.3 Å². The average Bonchev–Trinajstić information content (AvgIpc) is 3.10. The van der Waals surface area contributed by atoms with Crippen LogP contribution >= 0.6 is 35.0 Å². The van der Waals surface area contributed by atoms with Crippen molar-refractivity contribution in [2.24, 2.45) is 5.92 Å². The van der Waals surface area contributed by atoms with Gasteiger partial charge in [-0.3, -0.25) is 4.79 Å². The smallest absolute Gasteiger partial charge is 0.330 e. The molecule has 7 heteroatoms. The third-order valence-electron chi connectivity index (χ3n) is 4.23. The van der Waals surface area contributed by atoms with Crippen molar-refractivity contribution < 1.29 is 14.7 Å². The van der Waals surface area contributed by atoms with Gasteiger partial charge in [-0.1, -0.05) is 23.2 Å². The second-order valence-corrected chi connectivity index (χ2v) is 7.81. The van der Waals surface area contributed by atoms with Crippen LogP contribution in [0, 0.1) is 5.92 Å². The summed E-state index contributed by atoms with van der Waals surface area (Å²) >= 11 is 13.5. The van der Waals surface area contributed by atoms with Crippen molar-refractivity contribution in [3.8, 4) is 0 Å². The number of carbonyl (C=O) groups is 2. The minimum atomic E-state index is -1.11. The molecule has 1 aliphatic heterocycles. The number of aliphatic carboxylic acids is 1. The third kappa shape index (κ3) is 3.07. The third-order valence-corrected chi connectivity index (χ3v) is 5.86. The molecular weight excluding hydrogens is 345 g/mol. The van der Waals surface area contributed by atoms with E-state index in [-0.39, 0.29) is 17.7 Å². The summed E-state index contributed by atoms with van der Waals surface area (Å²) in [7, 11) is 0. The van der Waals surface area contributed by atoms with E-state index in [1.165, 1.54) is 0 Å². The van der Waals surface area contributed by atoms with Crippen molar-refractivity contribution in [1.82, 2.24) is 5.32 Å². The average molecular weight is 360 g/mol. The van der Waals surface area contributed by atoms with Crippen LogP contribution in [-0.2, 0) is 9.59 Å². The van der Waals surface area contributed by atoms with Crippen LogP contribution in [0.15, 0.2) is 18.2 Å². The zero-order valence-corrected chi connectivity index (χ0v) is 14.0. The predicted molar refractivity (Wildman–Crippen MR) is 87.8 cm³/mol. The van der Waals surface area contributed by atoms with E-state index in [2.05, 4.69) is 5.32 Å². The molecule has 3 atom stereocenters. The Kier molecular flexibility index (Phi) is 4.32. The molecule has 1 saturated carbocycles. The van der Waals surface area contributed by atoms with Crippen LogP contribution in [0.5, 0.6) is 0 Å².